The van der Waals surface area contributed by atoms with Crippen LogP contribution in [0.25, 0.3) is 10.8 Å². The molecule has 0 saturated carbocycles. The quantitative estimate of drug-likeness (QED) is 0.673. The number of fused-ring (bicyclic) bond motifs is 1. The highest BCUT2D eigenvalue weighted by Gasteiger charge is 2.09. The van der Waals surface area contributed by atoms with Crippen LogP contribution in [0.3, 0.4) is 0 Å². The molecule has 0 aliphatic carbocycles. The Morgan fingerprint density at radius 3 is 2.40 bits per heavy atom. The van der Waals surface area contributed by atoms with E-state index in [9.17, 15) is 4.39 Å². The molecule has 0 amide bonds. The highest BCUT2D eigenvalue weighted by Crippen LogP contribution is 2.28. The second-order valence-corrected chi connectivity index (χ2v) is 3.99. The van der Waals surface area contributed by atoms with Gasteiger partial charge in [0, 0.05) is 5.39 Å². The molecule has 0 aliphatic heterocycles. The number of benzene rings is 2. The van der Waals surface area contributed by atoms with Crippen LogP contribution in [0.1, 0.15) is 31.7 Å². The van der Waals surface area contributed by atoms with Gasteiger partial charge in [-0.15, -0.1) is 0 Å². The van der Waals surface area contributed by atoms with Crippen LogP contribution in [0, 0.1) is 5.82 Å². The maximum Gasteiger partial charge on any atom is 0.131 e. The lowest BCUT2D eigenvalue weighted by Gasteiger charge is -2.12. The van der Waals surface area contributed by atoms with E-state index in [0.717, 1.165) is 17.2 Å². The third kappa shape index (κ3) is 1.74. The molecule has 0 radical (unpaired) electrons. The van der Waals surface area contributed by atoms with Gasteiger partial charge in [0.15, 0.2) is 0 Å². The normalized spacial score (nSPS) is 13.0. The first-order valence-electron chi connectivity index (χ1n) is 5.41. The number of hydrogen-bond acceptors (Lipinski definition) is 0. The molecule has 0 saturated heterocycles. The summed E-state index contributed by atoms with van der Waals surface area (Å²) in [6.07, 6.45) is 1.08. The summed E-state index contributed by atoms with van der Waals surface area (Å²) in [7, 11) is 0. The summed E-state index contributed by atoms with van der Waals surface area (Å²) in [6.45, 7) is 4.34. The Labute approximate surface area is 89.7 Å². The molecule has 1 atom stereocenters. The van der Waals surface area contributed by atoms with E-state index in [2.05, 4.69) is 13.8 Å². The van der Waals surface area contributed by atoms with E-state index in [1.165, 1.54) is 5.56 Å². The molecular weight excluding hydrogens is 187 g/mol. The standard InChI is InChI=1S/C14H15F/c1-3-10(2)11-8-9-14(15)13-7-5-4-6-12(11)13/h4-10H,3H2,1-2H3. The maximum atomic E-state index is 13.5. The maximum absolute atomic E-state index is 13.5. The Morgan fingerprint density at radius 2 is 1.73 bits per heavy atom. The molecule has 15 heavy (non-hydrogen) atoms. The Bertz CT molecular complexity index is 474. The summed E-state index contributed by atoms with van der Waals surface area (Å²) in [6, 6.07) is 11.2. The van der Waals surface area contributed by atoms with Gasteiger partial charge in [0.2, 0.25) is 0 Å². The number of hydrogen-bond donors (Lipinski definition) is 0. The largest absolute Gasteiger partial charge is 0.206 e. The minimum absolute atomic E-state index is 0.127. The van der Waals surface area contributed by atoms with Gasteiger partial charge in [0.25, 0.3) is 0 Å². The summed E-state index contributed by atoms with van der Waals surface area (Å²) in [4.78, 5) is 0. The van der Waals surface area contributed by atoms with Crippen LogP contribution in [0.5, 0.6) is 0 Å². The molecule has 0 aromatic heterocycles. The topological polar surface area (TPSA) is 0 Å². The Balaban J connectivity index is 2.71. The van der Waals surface area contributed by atoms with Gasteiger partial charge in [-0.05, 0) is 29.4 Å². The van der Waals surface area contributed by atoms with Gasteiger partial charge in [-0.25, -0.2) is 4.39 Å². The lowest BCUT2D eigenvalue weighted by Crippen LogP contribution is -1.94. The van der Waals surface area contributed by atoms with E-state index in [1.807, 2.05) is 30.3 Å². The first kappa shape index (κ1) is 10.2. The first-order valence-corrected chi connectivity index (χ1v) is 5.41. The summed E-state index contributed by atoms with van der Waals surface area (Å²) in [5.41, 5.74) is 1.24. The van der Waals surface area contributed by atoms with Crippen molar-refractivity contribution in [1.82, 2.24) is 0 Å². The van der Waals surface area contributed by atoms with Crippen molar-refractivity contribution in [2.24, 2.45) is 0 Å². The summed E-state index contributed by atoms with van der Waals surface area (Å²) < 4.78 is 13.5. The van der Waals surface area contributed by atoms with Gasteiger partial charge in [0.05, 0.1) is 0 Å². The average Bonchev–Trinajstić information content (AvgIpc) is 2.29. The monoisotopic (exact) mass is 202 g/mol. The highest BCUT2D eigenvalue weighted by molar-refractivity contribution is 5.86. The molecule has 0 nitrogen and oxygen atoms in total. The van der Waals surface area contributed by atoms with Crippen LogP contribution in [0.2, 0.25) is 0 Å². The van der Waals surface area contributed by atoms with Crippen LogP contribution in [0.4, 0.5) is 4.39 Å². The Hall–Kier alpha value is -1.37. The summed E-state index contributed by atoms with van der Waals surface area (Å²) in [5, 5.41) is 1.78. The fraction of sp³-hybridized carbons (Fsp3) is 0.286. The molecule has 2 aromatic carbocycles. The molecule has 2 rings (SSSR count). The van der Waals surface area contributed by atoms with E-state index < -0.39 is 0 Å². The lowest BCUT2D eigenvalue weighted by molar-refractivity contribution is 0.638. The molecule has 0 spiro atoms. The van der Waals surface area contributed by atoms with Crippen molar-refractivity contribution in [2.45, 2.75) is 26.2 Å². The fourth-order valence-corrected chi connectivity index (χ4v) is 1.94. The molecule has 0 aliphatic rings. The first-order chi connectivity index (χ1) is 7.24. The van der Waals surface area contributed by atoms with Crippen LogP contribution < -0.4 is 0 Å². The SMILES string of the molecule is CCC(C)c1ccc(F)c2ccccc12. The van der Waals surface area contributed by atoms with Gasteiger partial charge in [-0.3, -0.25) is 0 Å². The van der Waals surface area contributed by atoms with E-state index in [4.69, 9.17) is 0 Å². The Kier molecular flexibility index (Phi) is 2.72. The van der Waals surface area contributed by atoms with Crippen molar-refractivity contribution in [3.63, 3.8) is 0 Å². The predicted molar refractivity (Wildman–Crippen MR) is 62.6 cm³/mol. The molecule has 0 bridgehead atoms. The Morgan fingerprint density at radius 1 is 1.07 bits per heavy atom. The number of halogens is 1. The van der Waals surface area contributed by atoms with Gasteiger partial charge in [0.1, 0.15) is 5.82 Å². The molecule has 78 valence electrons. The summed E-state index contributed by atoms with van der Waals surface area (Å²) >= 11 is 0. The third-order valence-electron chi connectivity index (χ3n) is 3.05. The molecule has 1 unspecified atom stereocenters. The lowest BCUT2D eigenvalue weighted by atomic mass is 9.93. The van der Waals surface area contributed by atoms with Crippen LogP contribution in [0.15, 0.2) is 36.4 Å². The smallest absolute Gasteiger partial charge is 0.131 e. The zero-order chi connectivity index (χ0) is 10.8. The zero-order valence-electron chi connectivity index (χ0n) is 9.13. The van der Waals surface area contributed by atoms with Gasteiger partial charge >= 0.3 is 0 Å². The molecule has 2 aromatic rings. The zero-order valence-corrected chi connectivity index (χ0v) is 9.13. The van der Waals surface area contributed by atoms with Crippen molar-refractivity contribution in [3.8, 4) is 0 Å². The van der Waals surface area contributed by atoms with E-state index in [-0.39, 0.29) is 5.82 Å². The minimum Gasteiger partial charge on any atom is -0.206 e. The van der Waals surface area contributed by atoms with Crippen LogP contribution in [-0.2, 0) is 0 Å². The second-order valence-electron chi connectivity index (χ2n) is 3.99. The van der Waals surface area contributed by atoms with Crippen molar-refractivity contribution < 1.29 is 4.39 Å². The van der Waals surface area contributed by atoms with E-state index >= 15 is 0 Å². The van der Waals surface area contributed by atoms with Crippen molar-refractivity contribution >= 4 is 10.8 Å². The second kappa shape index (κ2) is 4.01. The molecule has 0 N–H and O–H groups in total. The average molecular weight is 202 g/mol. The van der Waals surface area contributed by atoms with Crippen molar-refractivity contribution in [2.75, 3.05) is 0 Å². The summed E-state index contributed by atoms with van der Waals surface area (Å²) in [5.74, 6) is 0.355. The third-order valence-corrected chi connectivity index (χ3v) is 3.05. The molecular formula is C14H15F. The van der Waals surface area contributed by atoms with Crippen molar-refractivity contribution in [3.05, 3.63) is 47.8 Å². The minimum atomic E-state index is -0.127. The predicted octanol–water partition coefficient (Wildman–Crippen LogP) is 4.49. The van der Waals surface area contributed by atoms with Gasteiger partial charge in [-0.2, -0.15) is 0 Å². The molecule has 1 heteroatoms. The van der Waals surface area contributed by atoms with Gasteiger partial charge in [-0.1, -0.05) is 44.2 Å². The van der Waals surface area contributed by atoms with E-state index in [0.29, 0.717) is 5.92 Å². The highest BCUT2D eigenvalue weighted by atomic mass is 19.1. The molecule has 0 heterocycles. The fourth-order valence-electron chi connectivity index (χ4n) is 1.94. The molecule has 0 fully saturated rings. The number of rotatable bonds is 2. The van der Waals surface area contributed by atoms with Crippen molar-refractivity contribution in [1.29, 1.82) is 0 Å². The van der Waals surface area contributed by atoms with Crippen LogP contribution >= 0.6 is 0 Å². The van der Waals surface area contributed by atoms with Crippen LogP contribution in [-0.4, -0.2) is 0 Å². The van der Waals surface area contributed by atoms with Gasteiger partial charge < -0.3 is 0 Å². The van der Waals surface area contributed by atoms with E-state index in [1.54, 1.807) is 6.07 Å².